The van der Waals surface area contributed by atoms with Gasteiger partial charge >= 0.3 is 0 Å². The second-order valence-electron chi connectivity index (χ2n) is 13.7. The second-order valence-corrected chi connectivity index (χ2v) is 13.7. The number of ether oxygens (including phenoxy) is 3. The average Bonchev–Trinajstić information content (AvgIpc) is 3.73. The zero-order valence-corrected chi connectivity index (χ0v) is 24.5. The Balaban J connectivity index is 1.33. The highest BCUT2D eigenvalue weighted by molar-refractivity contribution is 5.79. The Morgan fingerprint density at radius 3 is 2.66 bits per heavy atom. The summed E-state index contributed by atoms with van der Waals surface area (Å²) in [7, 11) is 3.65. The van der Waals surface area contributed by atoms with Crippen LogP contribution in [0.4, 0.5) is 0 Å². The lowest BCUT2D eigenvalue weighted by Crippen LogP contribution is -2.76. The number of amides is 1. The summed E-state index contributed by atoms with van der Waals surface area (Å²) in [6.45, 7) is 4.22. The van der Waals surface area contributed by atoms with Crippen molar-refractivity contribution in [1.82, 2.24) is 10.2 Å². The number of fused-ring (bicyclic) bond motifs is 1. The van der Waals surface area contributed by atoms with E-state index in [1.54, 1.807) is 7.11 Å². The minimum atomic E-state index is -0.523. The smallest absolute Gasteiger partial charge is 0.234 e. The summed E-state index contributed by atoms with van der Waals surface area (Å²) < 4.78 is 20.0. The van der Waals surface area contributed by atoms with Gasteiger partial charge in [0, 0.05) is 48.6 Å². The molecule has 0 aromatic heterocycles. The fourth-order valence-electron chi connectivity index (χ4n) is 10.2. The van der Waals surface area contributed by atoms with Crippen molar-refractivity contribution in [2.75, 3.05) is 27.3 Å². The summed E-state index contributed by atoms with van der Waals surface area (Å²) in [5, 5.41) is 3.70. The maximum absolute atomic E-state index is 12.4. The van der Waals surface area contributed by atoms with Gasteiger partial charge in [-0.1, -0.05) is 36.4 Å². The van der Waals surface area contributed by atoms with E-state index in [0.717, 1.165) is 49.6 Å². The second kappa shape index (κ2) is 9.19. The van der Waals surface area contributed by atoms with Crippen molar-refractivity contribution >= 4 is 5.91 Å². The molecule has 7 aliphatic rings. The first-order valence-corrected chi connectivity index (χ1v) is 15.7. The van der Waals surface area contributed by atoms with Gasteiger partial charge in [-0.3, -0.25) is 15.0 Å². The van der Waals surface area contributed by atoms with Crippen molar-refractivity contribution in [3.63, 3.8) is 0 Å². The van der Waals surface area contributed by atoms with Crippen LogP contribution in [-0.2, 0) is 14.9 Å². The van der Waals surface area contributed by atoms with Gasteiger partial charge in [0.2, 0.25) is 5.91 Å². The van der Waals surface area contributed by atoms with Crippen LogP contribution in [0.15, 0.2) is 42.5 Å². The molecule has 2 unspecified atom stereocenters. The largest absolute Gasteiger partial charge is 0.493 e. The molecular formula is C34H43N3O4. The van der Waals surface area contributed by atoms with Crippen LogP contribution in [0, 0.1) is 17.8 Å². The standard InChI is InChI=1S/C34H43N3O4/c1-19(31(35)38)36-28(21-7-5-4-6-8-21)24-17-25-29-23-13-14-34(24,40-3)32-33(25,15-16-37(29)18-20-9-10-20)27-22(23)11-12-26(39-2)30(27)41-32/h4-8,11-12,19-20,23-25,28-29,32,36H,9-10,13-18H2,1-3H3,(H2,35,38)/t19?,23?,24-,25-,28-,29-,32-,33+,34-/m1/s1. The molecule has 2 aromatic rings. The van der Waals surface area contributed by atoms with Gasteiger partial charge in [0.05, 0.1) is 13.2 Å². The Kier molecular flexibility index (Phi) is 5.84. The number of hydrogen-bond acceptors (Lipinski definition) is 6. The molecule has 2 heterocycles. The maximum atomic E-state index is 12.4. The van der Waals surface area contributed by atoms with Gasteiger partial charge in [-0.25, -0.2) is 0 Å². The van der Waals surface area contributed by atoms with Crippen LogP contribution < -0.4 is 20.5 Å². The number of carbonyl (C=O) groups is 1. The van der Waals surface area contributed by atoms with Crippen LogP contribution in [0.1, 0.15) is 74.1 Å². The molecular weight excluding hydrogens is 514 g/mol. The molecule has 2 aromatic carbocycles. The number of likely N-dealkylation sites (tertiary alicyclic amines) is 1. The Labute approximate surface area is 243 Å². The molecule has 1 saturated heterocycles. The normalized spacial score (nSPS) is 37.7. The minimum absolute atomic E-state index is 0.0934. The third kappa shape index (κ3) is 3.46. The molecule has 7 bridgehead atoms. The van der Waals surface area contributed by atoms with E-state index in [9.17, 15) is 4.79 Å². The molecule has 0 radical (unpaired) electrons. The molecule has 7 nitrogen and oxygen atoms in total. The number of piperidine rings is 1. The maximum Gasteiger partial charge on any atom is 0.234 e. The van der Waals surface area contributed by atoms with Crippen molar-refractivity contribution in [3.8, 4) is 11.5 Å². The summed E-state index contributed by atoms with van der Waals surface area (Å²) in [6.07, 6.45) is 6.71. The van der Waals surface area contributed by atoms with Crippen LogP contribution in [0.25, 0.3) is 0 Å². The fraction of sp³-hybridized carbons (Fsp3) is 0.618. The zero-order valence-electron chi connectivity index (χ0n) is 24.5. The van der Waals surface area contributed by atoms with Gasteiger partial charge in [0.1, 0.15) is 11.7 Å². The van der Waals surface area contributed by atoms with E-state index in [0.29, 0.717) is 17.9 Å². The first kappa shape index (κ1) is 26.1. The highest BCUT2D eigenvalue weighted by Gasteiger charge is 2.75. The number of nitrogens with one attached hydrogen (secondary N) is 1. The van der Waals surface area contributed by atoms with Gasteiger partial charge < -0.3 is 19.9 Å². The fourth-order valence-corrected chi connectivity index (χ4v) is 10.2. The quantitative estimate of drug-likeness (QED) is 0.478. The molecule has 9 atom stereocenters. The van der Waals surface area contributed by atoms with E-state index < -0.39 is 11.6 Å². The van der Waals surface area contributed by atoms with Gasteiger partial charge in [0.15, 0.2) is 11.5 Å². The molecule has 5 aliphatic carbocycles. The molecule has 41 heavy (non-hydrogen) atoms. The molecule has 4 fully saturated rings. The van der Waals surface area contributed by atoms with Gasteiger partial charge in [-0.15, -0.1) is 0 Å². The summed E-state index contributed by atoms with van der Waals surface area (Å²) in [5.41, 5.74) is 9.31. The molecule has 3 saturated carbocycles. The van der Waals surface area contributed by atoms with Gasteiger partial charge in [0.25, 0.3) is 0 Å². The van der Waals surface area contributed by atoms with E-state index in [4.69, 9.17) is 19.9 Å². The number of methoxy groups -OCH3 is 2. The van der Waals surface area contributed by atoms with Crippen molar-refractivity contribution in [3.05, 3.63) is 59.2 Å². The highest BCUT2D eigenvalue weighted by Crippen LogP contribution is 2.72. The number of hydrogen-bond donors (Lipinski definition) is 2. The third-order valence-electron chi connectivity index (χ3n) is 12.1. The van der Waals surface area contributed by atoms with E-state index >= 15 is 0 Å². The SMILES string of the molecule is COc1ccc2c3c1O[C@H]1[C@@]4(OC)CCC2[C@@H]2[C@@H](C[C@@H]4[C@H](NC(C)C(N)=O)c4ccccc4)[C@@]31CCN2CC1CC1. The van der Waals surface area contributed by atoms with E-state index in [2.05, 4.69) is 52.7 Å². The summed E-state index contributed by atoms with van der Waals surface area (Å²) in [5.74, 6) is 3.31. The zero-order chi connectivity index (χ0) is 28.1. The number of rotatable bonds is 9. The molecule has 1 spiro atoms. The first-order valence-electron chi connectivity index (χ1n) is 15.7. The van der Waals surface area contributed by atoms with Crippen LogP contribution in [0.5, 0.6) is 11.5 Å². The van der Waals surface area contributed by atoms with Gasteiger partial charge in [-0.05, 0) is 81.0 Å². The number of carbonyl (C=O) groups excluding carboxylic acids is 1. The number of nitrogens with two attached hydrogens (primary N) is 1. The first-order chi connectivity index (χ1) is 19.9. The topological polar surface area (TPSA) is 86.0 Å². The summed E-state index contributed by atoms with van der Waals surface area (Å²) >= 11 is 0. The van der Waals surface area contributed by atoms with Crippen molar-refractivity contribution in [2.24, 2.45) is 23.5 Å². The Hall–Kier alpha value is -2.61. The predicted octanol–water partition coefficient (Wildman–Crippen LogP) is 4.30. The van der Waals surface area contributed by atoms with E-state index in [-0.39, 0.29) is 29.4 Å². The minimum Gasteiger partial charge on any atom is -0.493 e. The van der Waals surface area contributed by atoms with Crippen molar-refractivity contribution < 1.29 is 19.0 Å². The Bertz CT molecular complexity index is 1360. The summed E-state index contributed by atoms with van der Waals surface area (Å²) in [4.78, 5) is 15.3. The molecule has 3 N–H and O–H groups in total. The van der Waals surface area contributed by atoms with Crippen LogP contribution in [0.3, 0.4) is 0 Å². The van der Waals surface area contributed by atoms with Crippen molar-refractivity contribution in [2.45, 2.75) is 86.6 Å². The van der Waals surface area contributed by atoms with Crippen LogP contribution in [-0.4, -0.2) is 61.9 Å². The lowest BCUT2D eigenvalue weighted by molar-refractivity contribution is -0.228. The molecule has 218 valence electrons. The number of primary amides is 1. The summed E-state index contributed by atoms with van der Waals surface area (Å²) in [6, 6.07) is 15.0. The van der Waals surface area contributed by atoms with E-state index in [1.165, 1.54) is 36.1 Å². The number of benzene rings is 2. The molecule has 2 aliphatic heterocycles. The number of nitrogens with zero attached hydrogens (tertiary/aromatic N) is 1. The van der Waals surface area contributed by atoms with Crippen LogP contribution >= 0.6 is 0 Å². The molecule has 7 heteroatoms. The van der Waals surface area contributed by atoms with E-state index in [1.807, 2.05) is 14.0 Å². The van der Waals surface area contributed by atoms with Crippen LogP contribution in [0.2, 0.25) is 0 Å². The van der Waals surface area contributed by atoms with Gasteiger partial charge in [-0.2, -0.15) is 0 Å². The van der Waals surface area contributed by atoms with Crippen molar-refractivity contribution in [1.29, 1.82) is 0 Å². The lowest BCUT2D eigenvalue weighted by Gasteiger charge is -2.68. The highest BCUT2D eigenvalue weighted by atomic mass is 16.6. The predicted molar refractivity (Wildman–Crippen MR) is 156 cm³/mol. The lowest BCUT2D eigenvalue weighted by atomic mass is 9.42. The Morgan fingerprint density at radius 2 is 1.95 bits per heavy atom. The monoisotopic (exact) mass is 557 g/mol. The third-order valence-corrected chi connectivity index (χ3v) is 12.1. The Morgan fingerprint density at radius 1 is 1.15 bits per heavy atom. The molecule has 9 rings (SSSR count). The average molecular weight is 558 g/mol. The molecule has 1 amide bonds.